The molecule has 2 aliphatic heterocycles. The van der Waals surface area contributed by atoms with Crippen LogP contribution in [0.4, 0.5) is 4.79 Å². The van der Waals surface area contributed by atoms with E-state index in [1.165, 1.54) is 0 Å². The Bertz CT molecular complexity index is 198. The van der Waals surface area contributed by atoms with Crippen LogP contribution in [0.1, 0.15) is 12.8 Å². The number of carbonyl (C=O) groups is 2. The van der Waals surface area contributed by atoms with Crippen LogP contribution in [-0.4, -0.2) is 43.5 Å². The van der Waals surface area contributed by atoms with Crippen molar-refractivity contribution in [1.82, 2.24) is 15.5 Å². The number of likely N-dealkylation sites (N-methyl/N-ethyl adjacent to an activating group) is 1. The molecule has 0 aromatic carbocycles. The summed E-state index contributed by atoms with van der Waals surface area (Å²) in [5, 5.41) is 5.34. The number of nitrogens with one attached hydrogen (secondary N) is 2. The van der Waals surface area contributed by atoms with Gasteiger partial charge in [0.2, 0.25) is 5.91 Å². The second-order valence-corrected chi connectivity index (χ2v) is 3.11. The minimum absolute atomic E-state index is 0.0417. The third kappa shape index (κ3) is 3.31. The molecule has 0 atom stereocenters. The van der Waals surface area contributed by atoms with Gasteiger partial charge in [-0.15, -0.1) is 0 Å². The van der Waals surface area contributed by atoms with Gasteiger partial charge in [0.1, 0.15) is 0 Å². The first-order valence-electron chi connectivity index (χ1n) is 4.46. The first-order valence-corrected chi connectivity index (χ1v) is 4.46. The van der Waals surface area contributed by atoms with E-state index < -0.39 is 0 Å². The average molecular weight is 185 g/mol. The fourth-order valence-corrected chi connectivity index (χ4v) is 1.13. The molecule has 2 rings (SSSR count). The standard InChI is InChI=1S/C4H8N2O.C4H7NO/c1-6-3-2-5-4(6)7;6-4-2-1-3-5-4/h2-3H2,1H3,(H,5,7);1-3H2,(H,5,6). The van der Waals surface area contributed by atoms with Gasteiger partial charge in [0.05, 0.1) is 0 Å². The van der Waals surface area contributed by atoms with E-state index in [1.54, 1.807) is 11.9 Å². The molecule has 0 unspecified atom stereocenters. The zero-order valence-corrected chi connectivity index (χ0v) is 7.80. The van der Waals surface area contributed by atoms with Crippen LogP contribution >= 0.6 is 0 Å². The molecule has 0 radical (unpaired) electrons. The van der Waals surface area contributed by atoms with Crippen LogP contribution in [0.2, 0.25) is 0 Å². The third-order valence-corrected chi connectivity index (χ3v) is 1.97. The molecule has 2 fully saturated rings. The number of carbonyl (C=O) groups excluding carboxylic acids is 2. The Morgan fingerprint density at radius 3 is 2.15 bits per heavy atom. The monoisotopic (exact) mass is 185 g/mol. The molecule has 0 saturated carbocycles. The summed E-state index contributed by atoms with van der Waals surface area (Å²) in [6, 6.07) is 0.0417. The predicted octanol–water partition coefficient (Wildman–Crippen LogP) is -0.462. The number of hydrogen-bond donors (Lipinski definition) is 2. The minimum Gasteiger partial charge on any atom is -0.356 e. The fraction of sp³-hybridized carbons (Fsp3) is 0.750. The largest absolute Gasteiger partial charge is 0.356 e. The normalized spacial score (nSPS) is 20.5. The maximum atomic E-state index is 10.4. The molecule has 13 heavy (non-hydrogen) atoms. The van der Waals surface area contributed by atoms with Crippen molar-refractivity contribution in [3.05, 3.63) is 0 Å². The highest BCUT2D eigenvalue weighted by Gasteiger charge is 2.12. The highest BCUT2D eigenvalue weighted by atomic mass is 16.2. The summed E-state index contributed by atoms with van der Waals surface area (Å²) >= 11 is 0. The van der Waals surface area contributed by atoms with Crippen molar-refractivity contribution in [2.45, 2.75) is 12.8 Å². The summed E-state index contributed by atoms with van der Waals surface area (Å²) in [5.41, 5.74) is 0. The molecule has 74 valence electrons. The van der Waals surface area contributed by atoms with Crippen LogP contribution in [0.3, 0.4) is 0 Å². The maximum absolute atomic E-state index is 10.4. The predicted molar refractivity (Wildman–Crippen MR) is 48.3 cm³/mol. The average Bonchev–Trinajstić information content (AvgIpc) is 2.67. The SMILES string of the molecule is CN1CCNC1=O.O=C1CCCN1. The second kappa shape index (κ2) is 4.69. The van der Waals surface area contributed by atoms with Crippen molar-refractivity contribution in [3.8, 4) is 0 Å². The van der Waals surface area contributed by atoms with Crippen LogP contribution in [0, 0.1) is 0 Å². The Labute approximate surface area is 77.5 Å². The lowest BCUT2D eigenvalue weighted by molar-refractivity contribution is -0.119. The first-order chi connectivity index (χ1) is 6.20. The summed E-state index contributed by atoms with van der Waals surface area (Å²) in [6.07, 6.45) is 1.76. The number of hydrogen-bond acceptors (Lipinski definition) is 2. The molecule has 0 bridgehead atoms. The van der Waals surface area contributed by atoms with Crippen LogP contribution in [0.25, 0.3) is 0 Å². The van der Waals surface area contributed by atoms with Gasteiger partial charge in [-0.2, -0.15) is 0 Å². The number of nitrogens with zero attached hydrogens (tertiary/aromatic N) is 1. The zero-order chi connectivity index (χ0) is 9.68. The van der Waals surface area contributed by atoms with Gasteiger partial charge >= 0.3 is 6.03 Å². The molecule has 0 aromatic heterocycles. The molecule has 2 aliphatic rings. The van der Waals surface area contributed by atoms with Gasteiger partial charge in [-0.25, -0.2) is 4.79 Å². The molecule has 0 aromatic rings. The van der Waals surface area contributed by atoms with Crippen molar-refractivity contribution in [1.29, 1.82) is 0 Å². The van der Waals surface area contributed by atoms with Gasteiger partial charge < -0.3 is 15.5 Å². The Hall–Kier alpha value is -1.26. The van der Waals surface area contributed by atoms with Crippen molar-refractivity contribution in [2.24, 2.45) is 0 Å². The zero-order valence-electron chi connectivity index (χ0n) is 7.80. The van der Waals surface area contributed by atoms with E-state index in [9.17, 15) is 9.59 Å². The van der Waals surface area contributed by atoms with E-state index in [-0.39, 0.29) is 11.9 Å². The van der Waals surface area contributed by atoms with E-state index in [2.05, 4.69) is 10.6 Å². The molecule has 0 aliphatic carbocycles. The molecular weight excluding hydrogens is 170 g/mol. The van der Waals surface area contributed by atoms with Crippen molar-refractivity contribution < 1.29 is 9.59 Å². The van der Waals surface area contributed by atoms with Gasteiger partial charge in [0.25, 0.3) is 0 Å². The number of amides is 3. The smallest absolute Gasteiger partial charge is 0.317 e. The summed E-state index contributed by atoms with van der Waals surface area (Å²) in [6.45, 7) is 2.53. The Morgan fingerprint density at radius 1 is 1.23 bits per heavy atom. The van der Waals surface area contributed by atoms with Crippen LogP contribution in [0.15, 0.2) is 0 Å². The quantitative estimate of drug-likeness (QED) is 0.536. The van der Waals surface area contributed by atoms with E-state index >= 15 is 0 Å². The Balaban J connectivity index is 0.000000132. The lowest BCUT2D eigenvalue weighted by atomic mass is 10.4. The topological polar surface area (TPSA) is 61.4 Å². The van der Waals surface area contributed by atoms with E-state index in [4.69, 9.17) is 0 Å². The van der Waals surface area contributed by atoms with Gasteiger partial charge in [-0.05, 0) is 6.42 Å². The van der Waals surface area contributed by atoms with Gasteiger partial charge in [-0.1, -0.05) is 0 Å². The van der Waals surface area contributed by atoms with E-state index in [0.29, 0.717) is 0 Å². The minimum atomic E-state index is 0.0417. The Morgan fingerprint density at radius 2 is 2.00 bits per heavy atom. The maximum Gasteiger partial charge on any atom is 0.317 e. The molecule has 5 heteroatoms. The fourth-order valence-electron chi connectivity index (χ4n) is 1.13. The van der Waals surface area contributed by atoms with E-state index in [1.807, 2.05) is 0 Å². The molecule has 2 saturated heterocycles. The van der Waals surface area contributed by atoms with Crippen LogP contribution in [0.5, 0.6) is 0 Å². The summed E-state index contributed by atoms with van der Waals surface area (Å²) in [7, 11) is 1.78. The van der Waals surface area contributed by atoms with Gasteiger partial charge in [0.15, 0.2) is 0 Å². The third-order valence-electron chi connectivity index (χ3n) is 1.97. The van der Waals surface area contributed by atoms with Crippen molar-refractivity contribution >= 4 is 11.9 Å². The lowest BCUT2D eigenvalue weighted by Crippen LogP contribution is -2.23. The molecular formula is C8H15N3O2. The molecule has 5 nitrogen and oxygen atoms in total. The second-order valence-electron chi connectivity index (χ2n) is 3.11. The number of urea groups is 1. The summed E-state index contributed by atoms with van der Waals surface area (Å²) in [5.74, 6) is 0.204. The number of rotatable bonds is 0. The van der Waals surface area contributed by atoms with Crippen LogP contribution in [-0.2, 0) is 4.79 Å². The molecule has 0 spiro atoms. The van der Waals surface area contributed by atoms with Gasteiger partial charge in [-0.3, -0.25) is 4.79 Å². The van der Waals surface area contributed by atoms with E-state index in [0.717, 1.165) is 32.5 Å². The summed E-state index contributed by atoms with van der Waals surface area (Å²) < 4.78 is 0. The van der Waals surface area contributed by atoms with Crippen molar-refractivity contribution in [3.63, 3.8) is 0 Å². The molecule has 3 amide bonds. The summed E-state index contributed by atoms with van der Waals surface area (Å²) in [4.78, 5) is 22.2. The highest BCUT2D eigenvalue weighted by Crippen LogP contribution is 1.93. The highest BCUT2D eigenvalue weighted by molar-refractivity contribution is 5.77. The Kier molecular flexibility index (Phi) is 3.54. The van der Waals surface area contributed by atoms with Gasteiger partial charge in [0, 0.05) is 33.1 Å². The van der Waals surface area contributed by atoms with Crippen LogP contribution < -0.4 is 10.6 Å². The molecule has 2 heterocycles. The lowest BCUT2D eigenvalue weighted by Gasteiger charge is -2.01. The molecule has 2 N–H and O–H groups in total. The van der Waals surface area contributed by atoms with Crippen molar-refractivity contribution in [2.75, 3.05) is 26.7 Å². The first kappa shape index (κ1) is 9.83.